The van der Waals surface area contributed by atoms with Crippen molar-refractivity contribution in [3.8, 4) is 0 Å². The van der Waals surface area contributed by atoms with Gasteiger partial charge in [0, 0.05) is 25.2 Å². The maximum Gasteiger partial charge on any atom is 0.335 e. The number of urea groups is 1. The van der Waals surface area contributed by atoms with Crippen LogP contribution in [-0.2, 0) is 9.59 Å². The van der Waals surface area contributed by atoms with Crippen molar-refractivity contribution < 1.29 is 19.3 Å². The summed E-state index contributed by atoms with van der Waals surface area (Å²) in [5.74, 6) is -1.73. The van der Waals surface area contributed by atoms with Crippen molar-refractivity contribution in [2.24, 2.45) is 0 Å². The van der Waals surface area contributed by atoms with Gasteiger partial charge in [0.2, 0.25) is 0 Å². The molecule has 0 atom stereocenters. The van der Waals surface area contributed by atoms with Crippen LogP contribution >= 0.6 is 11.6 Å². The number of nitrogens with one attached hydrogen (secondary N) is 1. The summed E-state index contributed by atoms with van der Waals surface area (Å²) in [7, 11) is 3.32. The summed E-state index contributed by atoms with van der Waals surface area (Å²) in [6.45, 7) is 0. The summed E-state index contributed by atoms with van der Waals surface area (Å²) in [6, 6.07) is 9.34. The predicted octanol–water partition coefficient (Wildman–Crippen LogP) is 2.98. The average Bonchev–Trinajstić information content (AvgIpc) is 2.66. The van der Waals surface area contributed by atoms with Crippen molar-refractivity contribution in [2.45, 2.75) is 0 Å². The SMILES string of the molecule is CN(C)c1ccc(/C=C2/C(=O)NC(=O)N(c3ccc(Cl)cc3)C2=O)cc1[N+](=O)[O-]. The summed E-state index contributed by atoms with van der Waals surface area (Å²) in [5, 5.41) is 13.9. The Morgan fingerprint density at radius 2 is 1.76 bits per heavy atom. The molecule has 29 heavy (non-hydrogen) atoms. The number of imide groups is 2. The molecule has 0 aromatic heterocycles. The van der Waals surface area contributed by atoms with Gasteiger partial charge in [-0.25, -0.2) is 9.69 Å². The number of rotatable bonds is 4. The van der Waals surface area contributed by atoms with Crippen molar-refractivity contribution in [3.05, 3.63) is 68.7 Å². The number of hydrogen-bond donors (Lipinski definition) is 1. The normalized spacial score (nSPS) is 15.5. The van der Waals surface area contributed by atoms with Crippen LogP contribution in [0.1, 0.15) is 5.56 Å². The Hall–Kier alpha value is -3.72. The van der Waals surface area contributed by atoms with E-state index in [9.17, 15) is 24.5 Å². The number of carbonyl (C=O) groups is 3. The molecule has 0 bridgehead atoms. The Labute approximate surface area is 170 Å². The van der Waals surface area contributed by atoms with Crippen LogP contribution in [0.2, 0.25) is 5.02 Å². The molecule has 9 nitrogen and oxygen atoms in total. The van der Waals surface area contributed by atoms with E-state index in [-0.39, 0.29) is 22.5 Å². The van der Waals surface area contributed by atoms with Gasteiger partial charge in [0.05, 0.1) is 10.6 Å². The Morgan fingerprint density at radius 1 is 1.10 bits per heavy atom. The topological polar surface area (TPSA) is 113 Å². The molecule has 0 radical (unpaired) electrons. The van der Waals surface area contributed by atoms with Crippen LogP contribution in [0, 0.1) is 10.1 Å². The summed E-state index contributed by atoms with van der Waals surface area (Å²) < 4.78 is 0. The smallest absolute Gasteiger partial charge is 0.335 e. The standard InChI is InChI=1S/C19H15ClN4O5/c1-22(2)15-8-3-11(10-16(15)24(28)29)9-14-17(25)21-19(27)23(18(14)26)13-6-4-12(20)5-7-13/h3-10H,1-2H3,(H,21,25,27)/b14-9-. The minimum absolute atomic E-state index is 0.182. The first-order chi connectivity index (χ1) is 13.7. The van der Waals surface area contributed by atoms with Crippen LogP contribution in [0.3, 0.4) is 0 Å². The highest BCUT2D eigenvalue weighted by molar-refractivity contribution is 6.39. The van der Waals surface area contributed by atoms with Crippen LogP contribution in [0.25, 0.3) is 6.08 Å². The molecule has 3 rings (SSSR count). The minimum Gasteiger partial charge on any atom is -0.372 e. The lowest BCUT2D eigenvalue weighted by molar-refractivity contribution is -0.384. The van der Waals surface area contributed by atoms with E-state index in [0.29, 0.717) is 10.7 Å². The summed E-state index contributed by atoms with van der Waals surface area (Å²) >= 11 is 5.83. The van der Waals surface area contributed by atoms with Gasteiger partial charge >= 0.3 is 6.03 Å². The van der Waals surface area contributed by atoms with E-state index in [2.05, 4.69) is 5.32 Å². The van der Waals surface area contributed by atoms with Crippen molar-refractivity contribution in [3.63, 3.8) is 0 Å². The molecule has 2 aromatic rings. The van der Waals surface area contributed by atoms with Gasteiger partial charge in [-0.3, -0.25) is 25.0 Å². The maximum atomic E-state index is 12.8. The second-order valence-electron chi connectivity index (χ2n) is 6.33. The first kappa shape index (κ1) is 20.0. The fourth-order valence-corrected chi connectivity index (χ4v) is 2.93. The number of halogens is 1. The first-order valence-corrected chi connectivity index (χ1v) is 8.69. The van der Waals surface area contributed by atoms with Gasteiger partial charge < -0.3 is 4.90 Å². The van der Waals surface area contributed by atoms with Gasteiger partial charge in [0.15, 0.2) is 0 Å². The molecular weight excluding hydrogens is 400 g/mol. The molecule has 0 aliphatic carbocycles. The zero-order valence-electron chi connectivity index (χ0n) is 15.4. The third-order valence-electron chi connectivity index (χ3n) is 4.18. The van der Waals surface area contributed by atoms with E-state index in [1.54, 1.807) is 25.1 Å². The number of nitro benzene ring substituents is 1. The number of benzene rings is 2. The molecule has 1 heterocycles. The van der Waals surface area contributed by atoms with Gasteiger partial charge in [0.25, 0.3) is 17.5 Å². The molecular formula is C19H15ClN4O5. The van der Waals surface area contributed by atoms with E-state index in [1.165, 1.54) is 42.5 Å². The Morgan fingerprint density at radius 3 is 2.34 bits per heavy atom. The van der Waals surface area contributed by atoms with Crippen LogP contribution in [0.5, 0.6) is 0 Å². The molecule has 1 fully saturated rings. The zero-order chi connectivity index (χ0) is 21.3. The average molecular weight is 415 g/mol. The summed E-state index contributed by atoms with van der Waals surface area (Å²) in [5.41, 5.74) is 0.357. The van der Waals surface area contributed by atoms with E-state index >= 15 is 0 Å². The Bertz CT molecular complexity index is 1060. The highest BCUT2D eigenvalue weighted by Crippen LogP contribution is 2.29. The Balaban J connectivity index is 2.04. The number of nitro groups is 1. The molecule has 1 aliphatic heterocycles. The lowest BCUT2D eigenvalue weighted by Gasteiger charge is -2.26. The Kier molecular flexibility index (Phi) is 5.33. The van der Waals surface area contributed by atoms with E-state index < -0.39 is 22.8 Å². The van der Waals surface area contributed by atoms with E-state index in [1.807, 2.05) is 0 Å². The monoisotopic (exact) mass is 414 g/mol. The summed E-state index contributed by atoms with van der Waals surface area (Å²) in [4.78, 5) is 50.4. The fourth-order valence-electron chi connectivity index (χ4n) is 2.80. The second kappa shape index (κ2) is 7.72. The van der Waals surface area contributed by atoms with Gasteiger partial charge in [-0.05, 0) is 42.0 Å². The van der Waals surface area contributed by atoms with Gasteiger partial charge in [0.1, 0.15) is 11.3 Å². The first-order valence-electron chi connectivity index (χ1n) is 8.32. The number of hydrogen-bond acceptors (Lipinski definition) is 6. The number of carbonyl (C=O) groups excluding carboxylic acids is 3. The van der Waals surface area contributed by atoms with Crippen molar-refractivity contribution in [1.82, 2.24) is 5.32 Å². The lowest BCUT2D eigenvalue weighted by atomic mass is 10.1. The fraction of sp³-hybridized carbons (Fsp3) is 0.105. The van der Waals surface area contributed by atoms with E-state index in [4.69, 9.17) is 11.6 Å². The number of nitrogens with zero attached hydrogens (tertiary/aromatic N) is 3. The molecule has 10 heteroatoms. The lowest BCUT2D eigenvalue weighted by Crippen LogP contribution is -2.54. The third-order valence-corrected chi connectivity index (χ3v) is 4.43. The molecule has 148 valence electrons. The van der Waals surface area contributed by atoms with Gasteiger partial charge in [-0.2, -0.15) is 0 Å². The molecule has 0 unspecified atom stereocenters. The molecule has 1 N–H and O–H groups in total. The van der Waals surface area contributed by atoms with E-state index in [0.717, 1.165) is 4.90 Å². The van der Waals surface area contributed by atoms with Gasteiger partial charge in [-0.15, -0.1) is 0 Å². The maximum absolute atomic E-state index is 12.8. The molecule has 2 aromatic carbocycles. The van der Waals surface area contributed by atoms with Crippen molar-refractivity contribution in [1.29, 1.82) is 0 Å². The van der Waals surface area contributed by atoms with Crippen LogP contribution in [-0.4, -0.2) is 36.9 Å². The molecule has 1 saturated heterocycles. The molecule has 0 spiro atoms. The van der Waals surface area contributed by atoms with Crippen molar-refractivity contribution in [2.75, 3.05) is 23.9 Å². The minimum atomic E-state index is -0.895. The quantitative estimate of drug-likeness (QED) is 0.356. The largest absolute Gasteiger partial charge is 0.372 e. The highest BCUT2D eigenvalue weighted by atomic mass is 35.5. The van der Waals surface area contributed by atoms with Gasteiger partial charge in [-0.1, -0.05) is 17.7 Å². The molecule has 0 saturated carbocycles. The van der Waals surface area contributed by atoms with Crippen LogP contribution < -0.4 is 15.1 Å². The number of amides is 4. The molecule has 4 amide bonds. The zero-order valence-corrected chi connectivity index (χ0v) is 16.1. The number of anilines is 2. The molecule has 1 aliphatic rings. The third kappa shape index (κ3) is 3.94. The van der Waals surface area contributed by atoms with Crippen LogP contribution in [0.15, 0.2) is 48.0 Å². The summed E-state index contributed by atoms with van der Waals surface area (Å²) in [6.07, 6.45) is 1.21. The predicted molar refractivity (Wildman–Crippen MR) is 108 cm³/mol. The van der Waals surface area contributed by atoms with Crippen molar-refractivity contribution >= 4 is 52.6 Å². The second-order valence-corrected chi connectivity index (χ2v) is 6.77. The number of barbiturate groups is 1. The highest BCUT2D eigenvalue weighted by Gasteiger charge is 2.36. The van der Waals surface area contributed by atoms with Crippen LogP contribution in [0.4, 0.5) is 21.9 Å².